The summed E-state index contributed by atoms with van der Waals surface area (Å²) in [5, 5.41) is 0. The lowest BCUT2D eigenvalue weighted by molar-refractivity contribution is 0.0968. The van der Waals surface area contributed by atoms with Gasteiger partial charge in [0.15, 0.2) is 5.78 Å². The molecule has 0 amide bonds. The Labute approximate surface area is 108 Å². The number of ether oxygens (including phenoxy) is 1. The Hall–Kier alpha value is -1.61. The van der Waals surface area contributed by atoms with Gasteiger partial charge in [-0.05, 0) is 57.5 Å². The Morgan fingerprint density at radius 1 is 1.39 bits per heavy atom. The fourth-order valence-corrected chi connectivity index (χ4v) is 2.26. The van der Waals surface area contributed by atoms with E-state index >= 15 is 0 Å². The highest BCUT2D eigenvalue weighted by atomic mass is 16.5. The van der Waals surface area contributed by atoms with E-state index in [-0.39, 0.29) is 11.4 Å². The average molecular weight is 245 g/mol. The molecular weight excluding hydrogens is 226 g/mol. The quantitative estimate of drug-likeness (QED) is 0.815. The van der Waals surface area contributed by atoms with Crippen LogP contribution in [0.5, 0.6) is 5.75 Å². The maximum absolute atomic E-state index is 11.9. The van der Waals surface area contributed by atoms with Crippen molar-refractivity contribution in [3.05, 3.63) is 35.4 Å². The van der Waals surface area contributed by atoms with Gasteiger partial charge in [-0.15, -0.1) is 0 Å². The molecule has 1 unspecified atom stereocenters. The predicted molar refractivity (Wildman–Crippen MR) is 72.8 cm³/mol. The summed E-state index contributed by atoms with van der Waals surface area (Å²) < 4.78 is 5.87. The van der Waals surface area contributed by atoms with Crippen molar-refractivity contribution in [2.45, 2.75) is 39.3 Å². The number of benzene rings is 1. The van der Waals surface area contributed by atoms with Crippen LogP contribution in [0.15, 0.2) is 24.3 Å². The number of Topliss-reactive ketones (excluding diaryl/α,β-unsaturated/α-hetero) is 1. The summed E-state index contributed by atoms with van der Waals surface area (Å²) in [6.45, 7) is 7.76. The van der Waals surface area contributed by atoms with Crippen molar-refractivity contribution in [3.63, 3.8) is 0 Å². The van der Waals surface area contributed by atoms with E-state index in [1.165, 1.54) is 0 Å². The van der Waals surface area contributed by atoms with Gasteiger partial charge in [-0.1, -0.05) is 0 Å². The molecular formula is C15H19NO2. The minimum atomic E-state index is -0.478. The Balaban J connectivity index is 2.46. The molecule has 0 saturated carbocycles. The minimum absolute atomic E-state index is 0.0459. The smallest absolute Gasteiger partial charge is 0.179 e. The molecule has 1 aliphatic rings. The number of hydrogen-bond donors (Lipinski definition) is 1. The van der Waals surface area contributed by atoms with E-state index < -0.39 is 6.04 Å². The van der Waals surface area contributed by atoms with Crippen molar-refractivity contribution in [2.24, 2.45) is 5.73 Å². The number of rotatable bonds is 2. The van der Waals surface area contributed by atoms with Crippen molar-refractivity contribution in [3.8, 4) is 5.75 Å². The molecule has 0 aromatic heterocycles. The summed E-state index contributed by atoms with van der Waals surface area (Å²) in [5.74, 6) is 0.775. The first kappa shape index (κ1) is 12.8. The van der Waals surface area contributed by atoms with Crippen LogP contribution in [0.2, 0.25) is 0 Å². The van der Waals surface area contributed by atoms with Gasteiger partial charge in [0.2, 0.25) is 0 Å². The van der Waals surface area contributed by atoms with Crippen LogP contribution in [0.25, 0.3) is 5.57 Å². The van der Waals surface area contributed by atoms with Crippen molar-refractivity contribution in [2.75, 3.05) is 0 Å². The summed E-state index contributed by atoms with van der Waals surface area (Å²) in [7, 11) is 0. The Morgan fingerprint density at radius 3 is 2.67 bits per heavy atom. The van der Waals surface area contributed by atoms with E-state index in [4.69, 9.17) is 10.5 Å². The molecule has 96 valence electrons. The molecule has 0 fully saturated rings. The molecule has 1 aromatic carbocycles. The molecule has 3 heteroatoms. The molecule has 0 aliphatic carbocycles. The van der Waals surface area contributed by atoms with Crippen LogP contribution in [-0.4, -0.2) is 17.4 Å². The summed E-state index contributed by atoms with van der Waals surface area (Å²) in [4.78, 5) is 11.9. The van der Waals surface area contributed by atoms with Gasteiger partial charge in [0.1, 0.15) is 11.4 Å². The zero-order chi connectivity index (χ0) is 13.5. The number of carbonyl (C=O) groups is 1. The zero-order valence-corrected chi connectivity index (χ0v) is 11.3. The van der Waals surface area contributed by atoms with Crippen LogP contribution in [0.1, 0.15) is 43.6 Å². The number of nitrogens with two attached hydrogens (primary N) is 1. The zero-order valence-electron chi connectivity index (χ0n) is 11.3. The minimum Gasteiger partial charge on any atom is -0.483 e. The molecule has 1 aliphatic heterocycles. The second-order valence-corrected chi connectivity index (χ2v) is 5.40. The molecule has 1 atom stereocenters. The van der Waals surface area contributed by atoms with Gasteiger partial charge in [0, 0.05) is 11.1 Å². The standard InChI is InChI=1S/C15H19NO2/c1-9-8-15(3,4)18-13-6-5-11(7-12(9)13)14(17)10(2)16/h5-8,10H,16H2,1-4H3. The number of ketones is 1. The van der Waals surface area contributed by atoms with Crippen LogP contribution >= 0.6 is 0 Å². The molecule has 0 spiro atoms. The largest absolute Gasteiger partial charge is 0.483 e. The summed E-state index contributed by atoms with van der Waals surface area (Å²) in [6.07, 6.45) is 2.06. The van der Waals surface area contributed by atoms with Gasteiger partial charge in [0.05, 0.1) is 6.04 Å². The van der Waals surface area contributed by atoms with Crippen LogP contribution in [-0.2, 0) is 0 Å². The van der Waals surface area contributed by atoms with E-state index in [2.05, 4.69) is 6.08 Å². The average Bonchev–Trinajstić information content (AvgIpc) is 2.26. The Kier molecular flexibility index (Phi) is 3.03. The van der Waals surface area contributed by atoms with Crippen molar-refractivity contribution >= 4 is 11.4 Å². The predicted octanol–water partition coefficient (Wildman–Crippen LogP) is 2.79. The number of fused-ring (bicyclic) bond motifs is 1. The third-order valence-corrected chi connectivity index (χ3v) is 3.04. The first-order valence-corrected chi connectivity index (χ1v) is 6.13. The first-order valence-electron chi connectivity index (χ1n) is 6.13. The molecule has 0 saturated heterocycles. The van der Waals surface area contributed by atoms with E-state index in [0.29, 0.717) is 5.56 Å². The van der Waals surface area contributed by atoms with Gasteiger partial charge in [-0.2, -0.15) is 0 Å². The van der Waals surface area contributed by atoms with Gasteiger partial charge in [0.25, 0.3) is 0 Å². The summed E-state index contributed by atoms with van der Waals surface area (Å²) >= 11 is 0. The molecule has 2 rings (SSSR count). The topological polar surface area (TPSA) is 52.3 Å². The summed E-state index contributed by atoms with van der Waals surface area (Å²) in [5.41, 5.74) is 8.06. The SMILES string of the molecule is CC1=CC(C)(C)Oc2ccc(C(=O)C(C)N)cc21. The second kappa shape index (κ2) is 4.25. The fourth-order valence-electron chi connectivity index (χ4n) is 2.26. The number of carbonyl (C=O) groups excluding carboxylic acids is 1. The Bertz CT molecular complexity index is 527. The lowest BCUT2D eigenvalue weighted by Crippen LogP contribution is -2.29. The third kappa shape index (κ3) is 2.31. The van der Waals surface area contributed by atoms with Gasteiger partial charge in [-0.25, -0.2) is 0 Å². The van der Waals surface area contributed by atoms with Crippen LogP contribution in [0.3, 0.4) is 0 Å². The fraction of sp³-hybridized carbons (Fsp3) is 0.400. The van der Waals surface area contributed by atoms with E-state index in [0.717, 1.165) is 16.9 Å². The molecule has 2 N–H and O–H groups in total. The highest BCUT2D eigenvalue weighted by molar-refractivity contribution is 6.00. The van der Waals surface area contributed by atoms with Gasteiger partial charge >= 0.3 is 0 Å². The molecule has 18 heavy (non-hydrogen) atoms. The van der Waals surface area contributed by atoms with Crippen LogP contribution in [0, 0.1) is 0 Å². The van der Waals surface area contributed by atoms with E-state index in [1.54, 1.807) is 13.0 Å². The number of allylic oxidation sites excluding steroid dienone is 1. The highest BCUT2D eigenvalue weighted by Gasteiger charge is 2.25. The molecule has 1 heterocycles. The third-order valence-electron chi connectivity index (χ3n) is 3.04. The maximum Gasteiger partial charge on any atom is 0.179 e. The van der Waals surface area contributed by atoms with Gasteiger partial charge < -0.3 is 10.5 Å². The highest BCUT2D eigenvalue weighted by Crippen LogP contribution is 2.36. The van der Waals surface area contributed by atoms with E-state index in [1.807, 2.05) is 32.9 Å². The Morgan fingerprint density at radius 2 is 2.06 bits per heavy atom. The second-order valence-electron chi connectivity index (χ2n) is 5.40. The van der Waals surface area contributed by atoms with Crippen molar-refractivity contribution in [1.82, 2.24) is 0 Å². The van der Waals surface area contributed by atoms with E-state index in [9.17, 15) is 4.79 Å². The van der Waals surface area contributed by atoms with Crippen molar-refractivity contribution < 1.29 is 9.53 Å². The molecule has 1 aromatic rings. The number of hydrogen-bond acceptors (Lipinski definition) is 3. The van der Waals surface area contributed by atoms with Crippen molar-refractivity contribution in [1.29, 1.82) is 0 Å². The normalized spacial score (nSPS) is 18.4. The molecule has 0 bridgehead atoms. The maximum atomic E-state index is 11.9. The van der Waals surface area contributed by atoms with Crippen LogP contribution in [0.4, 0.5) is 0 Å². The van der Waals surface area contributed by atoms with Crippen LogP contribution < -0.4 is 10.5 Å². The van der Waals surface area contributed by atoms with Gasteiger partial charge in [-0.3, -0.25) is 4.79 Å². The molecule has 3 nitrogen and oxygen atoms in total. The lowest BCUT2D eigenvalue weighted by atomic mass is 9.93. The lowest BCUT2D eigenvalue weighted by Gasteiger charge is -2.30. The first-order chi connectivity index (χ1) is 8.30. The monoisotopic (exact) mass is 245 g/mol. The summed E-state index contributed by atoms with van der Waals surface area (Å²) in [6, 6.07) is 5.01. The molecule has 0 radical (unpaired) electrons.